The summed E-state index contributed by atoms with van der Waals surface area (Å²) in [7, 11) is 0. The van der Waals surface area contributed by atoms with Gasteiger partial charge in [0, 0.05) is 31.2 Å². The summed E-state index contributed by atoms with van der Waals surface area (Å²) in [6, 6.07) is 6.13. The number of hydrogen-bond donors (Lipinski definition) is 1. The van der Waals surface area contributed by atoms with Gasteiger partial charge in [0.15, 0.2) is 0 Å². The molecular formula is C15H21FN2O. The van der Waals surface area contributed by atoms with Crippen LogP contribution in [0.5, 0.6) is 0 Å². The molecule has 0 aliphatic carbocycles. The van der Waals surface area contributed by atoms with Gasteiger partial charge in [-0.05, 0) is 36.6 Å². The highest BCUT2D eigenvalue weighted by molar-refractivity contribution is 5.94. The maximum atomic E-state index is 12.9. The fourth-order valence-corrected chi connectivity index (χ4v) is 2.51. The molecule has 1 saturated heterocycles. The number of carbonyl (C=O) groups excluding carboxylic acids is 1. The van der Waals surface area contributed by atoms with Gasteiger partial charge in [-0.15, -0.1) is 0 Å². The quantitative estimate of drug-likeness (QED) is 0.908. The van der Waals surface area contributed by atoms with Crippen LogP contribution in [0.3, 0.4) is 0 Å². The normalized spacial score (nSPS) is 19.8. The Hall–Kier alpha value is -1.42. The molecule has 1 aromatic carbocycles. The Bertz CT molecular complexity index is 430. The van der Waals surface area contributed by atoms with E-state index in [1.807, 2.05) is 4.90 Å². The van der Waals surface area contributed by atoms with Gasteiger partial charge in [-0.2, -0.15) is 0 Å². The van der Waals surface area contributed by atoms with Crippen molar-refractivity contribution in [3.05, 3.63) is 35.6 Å². The molecular weight excluding hydrogens is 243 g/mol. The molecule has 3 nitrogen and oxygen atoms in total. The summed E-state index contributed by atoms with van der Waals surface area (Å²) in [5.74, 6) is 0.295. The van der Waals surface area contributed by atoms with E-state index < -0.39 is 0 Å². The van der Waals surface area contributed by atoms with Gasteiger partial charge >= 0.3 is 0 Å². The van der Waals surface area contributed by atoms with Crippen molar-refractivity contribution < 1.29 is 9.18 Å². The predicted molar refractivity (Wildman–Crippen MR) is 73.5 cm³/mol. The zero-order chi connectivity index (χ0) is 13.8. The standard InChI is InChI=1S/C15H21FN2O/c1-11(2)9-14-10-18(8-7-17-14)15(19)12-3-5-13(16)6-4-12/h3-6,11,14,17H,7-10H2,1-2H3. The minimum absolute atomic E-state index is 0.00439. The van der Waals surface area contributed by atoms with Crippen molar-refractivity contribution in [2.45, 2.75) is 26.3 Å². The fourth-order valence-electron chi connectivity index (χ4n) is 2.51. The van der Waals surface area contributed by atoms with E-state index in [-0.39, 0.29) is 11.7 Å². The van der Waals surface area contributed by atoms with Crippen molar-refractivity contribution in [1.82, 2.24) is 10.2 Å². The van der Waals surface area contributed by atoms with Crippen LogP contribution in [0.1, 0.15) is 30.6 Å². The molecule has 1 aliphatic heterocycles. The zero-order valence-corrected chi connectivity index (χ0v) is 11.5. The van der Waals surface area contributed by atoms with Crippen LogP contribution in [0.4, 0.5) is 4.39 Å². The summed E-state index contributed by atoms with van der Waals surface area (Å²) in [4.78, 5) is 14.2. The van der Waals surface area contributed by atoms with Crippen LogP contribution < -0.4 is 5.32 Å². The molecule has 0 saturated carbocycles. The molecule has 1 unspecified atom stereocenters. The third kappa shape index (κ3) is 3.77. The highest BCUT2D eigenvalue weighted by atomic mass is 19.1. The van der Waals surface area contributed by atoms with E-state index in [0.29, 0.717) is 24.1 Å². The summed E-state index contributed by atoms with van der Waals surface area (Å²) in [6.07, 6.45) is 1.06. The monoisotopic (exact) mass is 264 g/mol. The number of piperazine rings is 1. The lowest BCUT2D eigenvalue weighted by atomic mass is 10.0. The Morgan fingerprint density at radius 3 is 2.74 bits per heavy atom. The molecule has 2 rings (SSSR count). The Kier molecular flexibility index (Phi) is 4.53. The average Bonchev–Trinajstić information content (AvgIpc) is 2.38. The molecule has 4 heteroatoms. The summed E-state index contributed by atoms with van der Waals surface area (Å²) in [6.45, 7) is 6.63. The van der Waals surface area contributed by atoms with E-state index in [0.717, 1.165) is 19.5 Å². The molecule has 0 bridgehead atoms. The average molecular weight is 264 g/mol. The molecule has 19 heavy (non-hydrogen) atoms. The Balaban J connectivity index is 2.00. The lowest BCUT2D eigenvalue weighted by molar-refractivity contribution is 0.0694. The van der Waals surface area contributed by atoms with Crippen molar-refractivity contribution in [3.63, 3.8) is 0 Å². The second-order valence-corrected chi connectivity index (χ2v) is 5.54. The van der Waals surface area contributed by atoms with Crippen LogP contribution in [-0.2, 0) is 0 Å². The number of benzene rings is 1. The zero-order valence-electron chi connectivity index (χ0n) is 11.5. The molecule has 104 valence electrons. The highest BCUT2D eigenvalue weighted by Gasteiger charge is 2.24. The minimum Gasteiger partial charge on any atom is -0.336 e. The van der Waals surface area contributed by atoms with Crippen LogP contribution in [-0.4, -0.2) is 36.5 Å². The third-order valence-corrected chi connectivity index (χ3v) is 3.39. The van der Waals surface area contributed by atoms with Crippen LogP contribution in [0, 0.1) is 11.7 Å². The smallest absolute Gasteiger partial charge is 0.253 e. The number of halogens is 1. The van der Waals surface area contributed by atoms with Crippen molar-refractivity contribution in [3.8, 4) is 0 Å². The summed E-state index contributed by atoms with van der Waals surface area (Å²) in [5, 5.41) is 3.44. The maximum Gasteiger partial charge on any atom is 0.253 e. The molecule has 1 atom stereocenters. The van der Waals surface area contributed by atoms with Crippen LogP contribution >= 0.6 is 0 Å². The van der Waals surface area contributed by atoms with Crippen molar-refractivity contribution in [2.75, 3.05) is 19.6 Å². The van der Waals surface area contributed by atoms with Gasteiger partial charge < -0.3 is 10.2 Å². The number of hydrogen-bond acceptors (Lipinski definition) is 2. The van der Waals surface area contributed by atoms with Crippen molar-refractivity contribution >= 4 is 5.91 Å². The Morgan fingerprint density at radius 1 is 1.42 bits per heavy atom. The highest BCUT2D eigenvalue weighted by Crippen LogP contribution is 2.13. The molecule has 0 radical (unpaired) electrons. The molecule has 1 aliphatic rings. The number of carbonyl (C=O) groups is 1. The second-order valence-electron chi connectivity index (χ2n) is 5.54. The van der Waals surface area contributed by atoms with Gasteiger partial charge in [-0.25, -0.2) is 4.39 Å². The lowest BCUT2D eigenvalue weighted by Crippen LogP contribution is -2.52. The Morgan fingerprint density at radius 2 is 2.11 bits per heavy atom. The van der Waals surface area contributed by atoms with E-state index in [4.69, 9.17) is 0 Å². The Labute approximate surface area is 113 Å². The summed E-state index contributed by atoms with van der Waals surface area (Å²) < 4.78 is 12.9. The van der Waals surface area contributed by atoms with Crippen LogP contribution in [0.25, 0.3) is 0 Å². The largest absolute Gasteiger partial charge is 0.336 e. The molecule has 1 N–H and O–H groups in total. The van der Waals surface area contributed by atoms with Gasteiger partial charge in [0.25, 0.3) is 5.91 Å². The van der Waals surface area contributed by atoms with E-state index >= 15 is 0 Å². The van der Waals surface area contributed by atoms with Gasteiger partial charge in [-0.1, -0.05) is 13.8 Å². The molecule has 1 amide bonds. The number of amides is 1. The SMILES string of the molecule is CC(C)CC1CN(C(=O)c2ccc(F)cc2)CCN1. The van der Waals surface area contributed by atoms with E-state index in [1.54, 1.807) is 12.1 Å². The number of rotatable bonds is 3. The van der Waals surface area contributed by atoms with Crippen LogP contribution in [0.2, 0.25) is 0 Å². The lowest BCUT2D eigenvalue weighted by Gasteiger charge is -2.34. The molecule has 1 fully saturated rings. The summed E-state index contributed by atoms with van der Waals surface area (Å²) in [5.41, 5.74) is 0.562. The van der Waals surface area contributed by atoms with Gasteiger partial charge in [-0.3, -0.25) is 4.79 Å². The molecule has 0 aromatic heterocycles. The first-order valence-corrected chi connectivity index (χ1v) is 6.84. The number of nitrogens with one attached hydrogen (secondary N) is 1. The first-order valence-electron chi connectivity index (χ1n) is 6.84. The van der Waals surface area contributed by atoms with E-state index in [9.17, 15) is 9.18 Å². The van der Waals surface area contributed by atoms with Crippen molar-refractivity contribution in [2.24, 2.45) is 5.92 Å². The minimum atomic E-state index is -0.311. The second kappa shape index (κ2) is 6.15. The molecule has 1 heterocycles. The number of nitrogens with zero attached hydrogens (tertiary/aromatic N) is 1. The maximum absolute atomic E-state index is 12.9. The van der Waals surface area contributed by atoms with E-state index in [2.05, 4.69) is 19.2 Å². The van der Waals surface area contributed by atoms with Crippen molar-refractivity contribution in [1.29, 1.82) is 0 Å². The van der Waals surface area contributed by atoms with Gasteiger partial charge in [0.1, 0.15) is 5.82 Å². The first kappa shape index (κ1) is 14.0. The molecule has 1 aromatic rings. The summed E-state index contributed by atoms with van der Waals surface area (Å²) >= 11 is 0. The fraction of sp³-hybridized carbons (Fsp3) is 0.533. The first-order chi connectivity index (χ1) is 9.06. The molecule has 0 spiro atoms. The van der Waals surface area contributed by atoms with E-state index in [1.165, 1.54) is 12.1 Å². The topological polar surface area (TPSA) is 32.3 Å². The van der Waals surface area contributed by atoms with Gasteiger partial charge in [0.05, 0.1) is 0 Å². The third-order valence-electron chi connectivity index (χ3n) is 3.39. The predicted octanol–water partition coefficient (Wildman–Crippen LogP) is 2.29. The van der Waals surface area contributed by atoms with Crippen LogP contribution in [0.15, 0.2) is 24.3 Å². The van der Waals surface area contributed by atoms with Gasteiger partial charge in [0.2, 0.25) is 0 Å².